The van der Waals surface area contributed by atoms with E-state index >= 15 is 0 Å². The first-order valence-electron chi connectivity index (χ1n) is 4.66. The van der Waals surface area contributed by atoms with E-state index in [9.17, 15) is 9.32 Å². The predicted molar refractivity (Wildman–Crippen MR) is 60.4 cm³/mol. The molecular formula is C12H9O3S-. The molecule has 1 N–H and O–H groups in total. The Balaban J connectivity index is 2.65. The van der Waals surface area contributed by atoms with Crippen molar-refractivity contribution in [3.8, 4) is 16.9 Å². The largest absolute Gasteiger partial charge is 0.872 e. The van der Waals surface area contributed by atoms with E-state index in [0.29, 0.717) is 11.1 Å². The molecule has 2 aromatic rings. The van der Waals surface area contributed by atoms with Crippen LogP contribution in [0.5, 0.6) is 5.75 Å². The van der Waals surface area contributed by atoms with E-state index in [4.69, 9.17) is 4.55 Å². The van der Waals surface area contributed by atoms with E-state index in [1.165, 1.54) is 12.1 Å². The zero-order valence-corrected chi connectivity index (χ0v) is 9.11. The third-order valence-electron chi connectivity index (χ3n) is 2.25. The SMILES string of the molecule is O=S(O)c1ccccc1-c1ccccc1[O-]. The van der Waals surface area contributed by atoms with Crippen LogP contribution in [0.15, 0.2) is 53.4 Å². The second-order valence-corrected chi connectivity index (χ2v) is 4.18. The molecule has 0 aliphatic rings. The summed E-state index contributed by atoms with van der Waals surface area (Å²) in [4.78, 5) is 0.255. The number of hydrogen-bond donors (Lipinski definition) is 1. The number of para-hydroxylation sites is 1. The lowest BCUT2D eigenvalue weighted by atomic mass is 10.0. The molecule has 1 unspecified atom stereocenters. The Kier molecular flexibility index (Phi) is 3.03. The van der Waals surface area contributed by atoms with Gasteiger partial charge >= 0.3 is 0 Å². The van der Waals surface area contributed by atoms with E-state index in [0.717, 1.165) is 0 Å². The summed E-state index contributed by atoms with van der Waals surface area (Å²) in [5.74, 6) is -0.152. The lowest BCUT2D eigenvalue weighted by Crippen LogP contribution is -1.97. The summed E-state index contributed by atoms with van der Waals surface area (Å²) in [6, 6.07) is 13.1. The minimum atomic E-state index is -2.09. The molecule has 0 saturated carbocycles. The van der Waals surface area contributed by atoms with E-state index in [2.05, 4.69) is 0 Å². The smallest absolute Gasteiger partial charge is 0.187 e. The maximum atomic E-state index is 11.6. The van der Waals surface area contributed by atoms with Crippen LogP contribution >= 0.6 is 0 Å². The van der Waals surface area contributed by atoms with Gasteiger partial charge in [-0.2, -0.15) is 0 Å². The van der Waals surface area contributed by atoms with Gasteiger partial charge in [0, 0.05) is 0 Å². The molecule has 0 aromatic heterocycles. The third kappa shape index (κ3) is 1.98. The molecule has 0 fully saturated rings. The van der Waals surface area contributed by atoms with E-state index in [-0.39, 0.29) is 10.6 Å². The lowest BCUT2D eigenvalue weighted by Gasteiger charge is -2.14. The van der Waals surface area contributed by atoms with Gasteiger partial charge in [-0.1, -0.05) is 42.5 Å². The third-order valence-corrected chi connectivity index (χ3v) is 2.98. The van der Waals surface area contributed by atoms with Crippen molar-refractivity contribution in [1.82, 2.24) is 0 Å². The molecule has 0 spiro atoms. The first-order valence-corrected chi connectivity index (χ1v) is 5.77. The summed E-state index contributed by atoms with van der Waals surface area (Å²) >= 11 is -2.09. The Morgan fingerprint density at radius 3 is 2.12 bits per heavy atom. The first-order chi connectivity index (χ1) is 7.70. The van der Waals surface area contributed by atoms with Gasteiger partial charge in [0.15, 0.2) is 11.1 Å². The van der Waals surface area contributed by atoms with Crippen LogP contribution in [0.2, 0.25) is 0 Å². The van der Waals surface area contributed by atoms with Crippen LogP contribution in [0, 0.1) is 0 Å². The summed E-state index contributed by atoms with van der Waals surface area (Å²) in [6.45, 7) is 0. The van der Waals surface area contributed by atoms with Crippen molar-refractivity contribution in [2.24, 2.45) is 0 Å². The average molecular weight is 233 g/mol. The average Bonchev–Trinajstić information content (AvgIpc) is 2.29. The fraction of sp³-hybridized carbons (Fsp3) is 0. The molecule has 0 bridgehead atoms. The van der Waals surface area contributed by atoms with Crippen molar-refractivity contribution in [1.29, 1.82) is 0 Å². The maximum Gasteiger partial charge on any atom is 0.187 e. The molecule has 0 radical (unpaired) electrons. The van der Waals surface area contributed by atoms with Gasteiger partial charge in [0.2, 0.25) is 0 Å². The highest BCUT2D eigenvalue weighted by atomic mass is 32.2. The molecule has 16 heavy (non-hydrogen) atoms. The van der Waals surface area contributed by atoms with Crippen LogP contribution < -0.4 is 5.11 Å². The van der Waals surface area contributed by atoms with Crippen LogP contribution in [0.25, 0.3) is 11.1 Å². The van der Waals surface area contributed by atoms with Gasteiger partial charge in [-0.25, -0.2) is 4.21 Å². The van der Waals surface area contributed by atoms with E-state index in [1.807, 2.05) is 0 Å². The minimum absolute atomic E-state index is 0.152. The van der Waals surface area contributed by atoms with Crippen molar-refractivity contribution in [3.05, 3.63) is 48.5 Å². The first kappa shape index (κ1) is 10.9. The fourth-order valence-electron chi connectivity index (χ4n) is 1.53. The quantitative estimate of drug-likeness (QED) is 0.807. The van der Waals surface area contributed by atoms with E-state index in [1.54, 1.807) is 36.4 Å². The Bertz CT molecular complexity index is 537. The standard InChI is InChI=1S/C12H10O3S/c13-11-7-3-1-5-9(11)10-6-2-4-8-12(10)16(14)15/h1-8,13H,(H,14,15)/p-1. The fourth-order valence-corrected chi connectivity index (χ4v) is 2.09. The Morgan fingerprint density at radius 1 is 0.938 bits per heavy atom. The minimum Gasteiger partial charge on any atom is -0.872 e. The highest BCUT2D eigenvalue weighted by molar-refractivity contribution is 7.79. The van der Waals surface area contributed by atoms with Crippen molar-refractivity contribution in [3.63, 3.8) is 0 Å². The van der Waals surface area contributed by atoms with Crippen LogP contribution in [0.1, 0.15) is 0 Å². The van der Waals surface area contributed by atoms with Crippen molar-refractivity contribution < 1.29 is 13.9 Å². The molecule has 2 aromatic carbocycles. The molecule has 0 aliphatic carbocycles. The van der Waals surface area contributed by atoms with Crippen LogP contribution in [0.3, 0.4) is 0 Å². The summed E-state index contributed by atoms with van der Waals surface area (Å²) in [7, 11) is 0. The van der Waals surface area contributed by atoms with Crippen molar-refractivity contribution >= 4 is 11.1 Å². The summed E-state index contributed by atoms with van der Waals surface area (Å²) in [6.07, 6.45) is 0. The van der Waals surface area contributed by atoms with Crippen LogP contribution in [-0.4, -0.2) is 8.76 Å². The highest BCUT2D eigenvalue weighted by Crippen LogP contribution is 2.30. The molecule has 2 rings (SSSR count). The van der Waals surface area contributed by atoms with Gasteiger partial charge in [0.25, 0.3) is 0 Å². The molecule has 4 heteroatoms. The zero-order chi connectivity index (χ0) is 11.5. The predicted octanol–water partition coefficient (Wildman–Crippen LogP) is 2.01. The lowest BCUT2D eigenvalue weighted by molar-refractivity contribution is -0.267. The van der Waals surface area contributed by atoms with Crippen LogP contribution in [-0.2, 0) is 11.1 Å². The van der Waals surface area contributed by atoms with Gasteiger partial charge < -0.3 is 9.66 Å². The molecule has 1 atom stereocenters. The number of benzene rings is 2. The topological polar surface area (TPSA) is 60.4 Å². The highest BCUT2D eigenvalue weighted by Gasteiger charge is 2.08. The van der Waals surface area contributed by atoms with Gasteiger partial charge in [-0.15, -0.1) is 5.75 Å². The van der Waals surface area contributed by atoms with Gasteiger partial charge in [-0.05, 0) is 17.2 Å². The maximum absolute atomic E-state index is 11.6. The Labute approximate surface area is 95.7 Å². The Hall–Kier alpha value is -1.65. The second-order valence-electron chi connectivity index (χ2n) is 3.24. The number of hydrogen-bond acceptors (Lipinski definition) is 2. The Morgan fingerprint density at radius 2 is 1.50 bits per heavy atom. The van der Waals surface area contributed by atoms with Crippen molar-refractivity contribution in [2.45, 2.75) is 4.90 Å². The van der Waals surface area contributed by atoms with Crippen LogP contribution in [0.4, 0.5) is 0 Å². The van der Waals surface area contributed by atoms with Gasteiger partial charge in [0.05, 0.1) is 4.90 Å². The van der Waals surface area contributed by atoms with Gasteiger partial charge in [0.1, 0.15) is 0 Å². The van der Waals surface area contributed by atoms with Crippen molar-refractivity contribution in [2.75, 3.05) is 0 Å². The molecule has 0 amide bonds. The molecule has 0 saturated heterocycles. The molecule has 0 heterocycles. The monoisotopic (exact) mass is 233 g/mol. The second kappa shape index (κ2) is 4.47. The summed E-state index contributed by atoms with van der Waals surface area (Å²) in [5.41, 5.74) is 0.953. The molecular weight excluding hydrogens is 224 g/mol. The zero-order valence-electron chi connectivity index (χ0n) is 8.29. The molecule has 3 nitrogen and oxygen atoms in total. The molecule has 82 valence electrons. The van der Waals surface area contributed by atoms with E-state index < -0.39 is 11.1 Å². The van der Waals surface area contributed by atoms with Gasteiger partial charge in [-0.3, -0.25) is 0 Å². The number of rotatable bonds is 2. The summed E-state index contributed by atoms with van der Waals surface area (Å²) in [5, 5.41) is 11.6. The normalized spacial score (nSPS) is 12.3. The molecule has 0 aliphatic heterocycles. The summed E-state index contributed by atoms with van der Waals surface area (Å²) < 4.78 is 20.2.